The molecule has 1 aromatic carbocycles. The van der Waals surface area contributed by atoms with E-state index in [1.807, 2.05) is 18.2 Å². The van der Waals surface area contributed by atoms with Crippen molar-refractivity contribution in [2.75, 3.05) is 13.7 Å². The van der Waals surface area contributed by atoms with Crippen LogP contribution in [0.15, 0.2) is 18.2 Å². The molecule has 1 aliphatic carbocycles. The van der Waals surface area contributed by atoms with Crippen LogP contribution < -0.4 is 10.1 Å². The SMILES string of the molecule is COc1ccc(Cl)cc1CNCC1CC(O)C1. The van der Waals surface area contributed by atoms with Gasteiger partial charge in [-0.05, 0) is 43.5 Å². The second-order valence-electron chi connectivity index (χ2n) is 4.58. The van der Waals surface area contributed by atoms with E-state index in [9.17, 15) is 5.11 Å². The molecule has 2 rings (SSSR count). The first kappa shape index (κ1) is 12.7. The summed E-state index contributed by atoms with van der Waals surface area (Å²) >= 11 is 5.96. The van der Waals surface area contributed by atoms with E-state index in [0.29, 0.717) is 5.92 Å². The Labute approximate surface area is 107 Å². The third-order valence-electron chi connectivity index (χ3n) is 3.20. The van der Waals surface area contributed by atoms with Crippen molar-refractivity contribution < 1.29 is 9.84 Å². The predicted octanol–water partition coefficient (Wildman–Crippen LogP) is 2.21. The van der Waals surface area contributed by atoms with Crippen molar-refractivity contribution in [1.29, 1.82) is 0 Å². The Morgan fingerprint density at radius 2 is 2.24 bits per heavy atom. The summed E-state index contributed by atoms with van der Waals surface area (Å²) in [7, 11) is 1.66. The number of nitrogens with one attached hydrogen (secondary N) is 1. The minimum atomic E-state index is -0.0810. The van der Waals surface area contributed by atoms with Gasteiger partial charge in [0.25, 0.3) is 0 Å². The lowest BCUT2D eigenvalue weighted by atomic mass is 9.82. The van der Waals surface area contributed by atoms with Crippen LogP contribution in [0.4, 0.5) is 0 Å². The number of methoxy groups -OCH3 is 1. The molecule has 2 N–H and O–H groups in total. The molecule has 3 nitrogen and oxygen atoms in total. The predicted molar refractivity (Wildman–Crippen MR) is 68.4 cm³/mol. The Morgan fingerprint density at radius 1 is 1.47 bits per heavy atom. The number of halogens is 1. The van der Waals surface area contributed by atoms with Crippen molar-refractivity contribution in [3.8, 4) is 5.75 Å². The normalized spacial score (nSPS) is 23.2. The van der Waals surface area contributed by atoms with E-state index in [1.165, 1.54) is 0 Å². The summed E-state index contributed by atoms with van der Waals surface area (Å²) in [6.45, 7) is 1.68. The Balaban J connectivity index is 1.83. The Kier molecular flexibility index (Phi) is 4.26. The minimum Gasteiger partial charge on any atom is -0.496 e. The maximum Gasteiger partial charge on any atom is 0.123 e. The molecule has 0 aromatic heterocycles. The highest BCUT2D eigenvalue weighted by molar-refractivity contribution is 6.30. The summed E-state index contributed by atoms with van der Waals surface area (Å²) in [5.41, 5.74) is 1.07. The molecule has 0 spiro atoms. The summed E-state index contributed by atoms with van der Waals surface area (Å²) in [6, 6.07) is 5.63. The Hall–Kier alpha value is -0.770. The number of aliphatic hydroxyl groups excluding tert-OH is 1. The highest BCUT2D eigenvalue weighted by atomic mass is 35.5. The van der Waals surface area contributed by atoms with Gasteiger partial charge in [-0.1, -0.05) is 11.6 Å². The third kappa shape index (κ3) is 3.35. The standard InChI is InChI=1S/C13H18ClNO2/c1-17-13-3-2-11(14)6-10(13)8-15-7-9-4-12(16)5-9/h2-3,6,9,12,15-16H,4-5,7-8H2,1H3. The first-order chi connectivity index (χ1) is 8.19. The number of aliphatic hydroxyl groups is 1. The number of benzene rings is 1. The van der Waals surface area contributed by atoms with Gasteiger partial charge in [0.15, 0.2) is 0 Å². The first-order valence-corrected chi connectivity index (χ1v) is 6.28. The zero-order valence-corrected chi connectivity index (χ0v) is 10.7. The topological polar surface area (TPSA) is 41.5 Å². The summed E-state index contributed by atoms with van der Waals surface area (Å²) in [6.07, 6.45) is 1.75. The summed E-state index contributed by atoms with van der Waals surface area (Å²) in [5.74, 6) is 1.46. The van der Waals surface area contributed by atoms with Crippen LogP contribution in [0.1, 0.15) is 18.4 Å². The van der Waals surface area contributed by atoms with E-state index in [-0.39, 0.29) is 6.10 Å². The highest BCUT2D eigenvalue weighted by Crippen LogP contribution is 2.27. The van der Waals surface area contributed by atoms with Crippen LogP contribution in [-0.4, -0.2) is 24.9 Å². The number of hydrogen-bond donors (Lipinski definition) is 2. The largest absolute Gasteiger partial charge is 0.496 e. The quantitative estimate of drug-likeness (QED) is 0.848. The van der Waals surface area contributed by atoms with Crippen LogP contribution in [0.25, 0.3) is 0 Å². The van der Waals surface area contributed by atoms with Gasteiger partial charge >= 0.3 is 0 Å². The molecular formula is C13H18ClNO2. The molecule has 4 heteroatoms. The first-order valence-electron chi connectivity index (χ1n) is 5.90. The zero-order valence-electron chi connectivity index (χ0n) is 9.95. The molecule has 1 aliphatic rings. The van der Waals surface area contributed by atoms with Crippen molar-refractivity contribution in [3.05, 3.63) is 28.8 Å². The van der Waals surface area contributed by atoms with Gasteiger partial charge in [0.05, 0.1) is 13.2 Å². The highest BCUT2D eigenvalue weighted by Gasteiger charge is 2.26. The van der Waals surface area contributed by atoms with Gasteiger partial charge in [0, 0.05) is 17.1 Å². The number of rotatable bonds is 5. The lowest BCUT2D eigenvalue weighted by molar-refractivity contribution is 0.0429. The van der Waals surface area contributed by atoms with Crippen LogP contribution in [0.5, 0.6) is 5.75 Å². The lowest BCUT2D eigenvalue weighted by Gasteiger charge is -2.31. The van der Waals surface area contributed by atoms with Crippen molar-refractivity contribution >= 4 is 11.6 Å². The van der Waals surface area contributed by atoms with E-state index in [4.69, 9.17) is 16.3 Å². The maximum absolute atomic E-state index is 9.19. The van der Waals surface area contributed by atoms with E-state index in [0.717, 1.165) is 42.3 Å². The molecular weight excluding hydrogens is 238 g/mol. The average Bonchev–Trinajstić information content (AvgIpc) is 2.27. The monoisotopic (exact) mass is 255 g/mol. The summed E-state index contributed by atoms with van der Waals surface area (Å²) in [5, 5.41) is 13.3. The van der Waals surface area contributed by atoms with Crippen molar-refractivity contribution in [2.24, 2.45) is 5.92 Å². The molecule has 1 fully saturated rings. The molecule has 0 saturated heterocycles. The van der Waals surface area contributed by atoms with Crippen molar-refractivity contribution in [3.63, 3.8) is 0 Å². The van der Waals surface area contributed by atoms with Crippen molar-refractivity contribution in [2.45, 2.75) is 25.5 Å². The van der Waals surface area contributed by atoms with Crippen LogP contribution in [0.2, 0.25) is 5.02 Å². The third-order valence-corrected chi connectivity index (χ3v) is 3.44. The van der Waals surface area contributed by atoms with Gasteiger partial charge in [0.2, 0.25) is 0 Å². The van der Waals surface area contributed by atoms with Crippen LogP contribution >= 0.6 is 11.6 Å². The molecule has 0 atom stereocenters. The molecule has 0 unspecified atom stereocenters. The zero-order chi connectivity index (χ0) is 12.3. The molecule has 94 valence electrons. The van der Waals surface area contributed by atoms with Crippen LogP contribution in [-0.2, 0) is 6.54 Å². The molecule has 1 saturated carbocycles. The second kappa shape index (κ2) is 5.71. The van der Waals surface area contributed by atoms with Gasteiger partial charge in [-0.15, -0.1) is 0 Å². The molecule has 1 aromatic rings. The van der Waals surface area contributed by atoms with E-state index in [1.54, 1.807) is 7.11 Å². The van der Waals surface area contributed by atoms with Crippen molar-refractivity contribution in [1.82, 2.24) is 5.32 Å². The Morgan fingerprint density at radius 3 is 2.88 bits per heavy atom. The second-order valence-corrected chi connectivity index (χ2v) is 5.01. The smallest absolute Gasteiger partial charge is 0.123 e. The molecule has 17 heavy (non-hydrogen) atoms. The van der Waals surface area contributed by atoms with Gasteiger partial charge < -0.3 is 15.2 Å². The van der Waals surface area contributed by atoms with E-state index < -0.39 is 0 Å². The van der Waals surface area contributed by atoms with Crippen LogP contribution in [0, 0.1) is 5.92 Å². The van der Waals surface area contributed by atoms with E-state index >= 15 is 0 Å². The number of ether oxygens (including phenoxy) is 1. The fourth-order valence-corrected chi connectivity index (χ4v) is 2.36. The van der Waals surface area contributed by atoms with Gasteiger partial charge in [0.1, 0.15) is 5.75 Å². The average molecular weight is 256 g/mol. The summed E-state index contributed by atoms with van der Waals surface area (Å²) < 4.78 is 5.28. The fourth-order valence-electron chi connectivity index (χ4n) is 2.16. The molecule has 0 amide bonds. The van der Waals surface area contributed by atoms with Crippen LogP contribution in [0.3, 0.4) is 0 Å². The minimum absolute atomic E-state index is 0.0810. The number of hydrogen-bond acceptors (Lipinski definition) is 3. The maximum atomic E-state index is 9.19. The van der Waals surface area contributed by atoms with E-state index in [2.05, 4.69) is 5.32 Å². The molecule has 0 radical (unpaired) electrons. The Bertz CT molecular complexity index is 378. The molecule has 0 aliphatic heterocycles. The molecule has 0 bridgehead atoms. The van der Waals surface area contributed by atoms with Gasteiger partial charge in [-0.3, -0.25) is 0 Å². The molecule has 0 heterocycles. The lowest BCUT2D eigenvalue weighted by Crippen LogP contribution is -2.35. The summed E-state index contributed by atoms with van der Waals surface area (Å²) in [4.78, 5) is 0. The van der Waals surface area contributed by atoms with Gasteiger partial charge in [-0.2, -0.15) is 0 Å². The van der Waals surface area contributed by atoms with Gasteiger partial charge in [-0.25, -0.2) is 0 Å². The fraction of sp³-hybridized carbons (Fsp3) is 0.538.